The van der Waals surface area contributed by atoms with Crippen molar-refractivity contribution in [1.29, 1.82) is 0 Å². The van der Waals surface area contributed by atoms with Crippen molar-refractivity contribution in [2.24, 2.45) is 0 Å². The molecule has 0 spiro atoms. The Bertz CT molecular complexity index is 1090. The largest absolute Gasteiger partial charge is 0.497 e. The van der Waals surface area contributed by atoms with Gasteiger partial charge in [-0.25, -0.2) is 0 Å². The number of para-hydroxylation sites is 1. The summed E-state index contributed by atoms with van der Waals surface area (Å²) in [6.45, 7) is 1.98. The van der Waals surface area contributed by atoms with Crippen LogP contribution in [0.25, 0.3) is 0 Å². The average Bonchev–Trinajstić information content (AvgIpc) is 2.81. The molecule has 1 aliphatic heterocycles. The van der Waals surface area contributed by atoms with Crippen LogP contribution >= 0.6 is 0 Å². The van der Waals surface area contributed by atoms with Crippen LogP contribution in [0.15, 0.2) is 72.8 Å². The van der Waals surface area contributed by atoms with E-state index in [-0.39, 0.29) is 11.8 Å². The predicted molar refractivity (Wildman–Crippen MR) is 118 cm³/mol. The van der Waals surface area contributed by atoms with Crippen LogP contribution in [0.1, 0.15) is 28.8 Å². The Labute approximate surface area is 181 Å². The lowest BCUT2D eigenvalue weighted by Crippen LogP contribution is -2.55. The minimum Gasteiger partial charge on any atom is -0.497 e. The maximum absolute atomic E-state index is 13.8. The summed E-state index contributed by atoms with van der Waals surface area (Å²) in [5, 5.41) is 2.90. The van der Waals surface area contributed by atoms with Crippen LogP contribution in [-0.2, 0) is 9.59 Å². The van der Waals surface area contributed by atoms with Crippen molar-refractivity contribution in [2.45, 2.75) is 19.0 Å². The molecule has 6 nitrogen and oxygen atoms in total. The topological polar surface area (TPSA) is 67.9 Å². The lowest BCUT2D eigenvalue weighted by atomic mass is 9.94. The summed E-state index contributed by atoms with van der Waals surface area (Å²) < 4.78 is 10.7. The number of carbonyl (C=O) groups is 2. The fraction of sp³-hybridized carbons (Fsp3) is 0.200. The van der Waals surface area contributed by atoms with Gasteiger partial charge in [0.05, 0.1) is 14.2 Å². The van der Waals surface area contributed by atoms with Gasteiger partial charge in [0.1, 0.15) is 23.6 Å². The molecule has 3 aromatic carbocycles. The fourth-order valence-corrected chi connectivity index (χ4v) is 3.85. The number of piperazine rings is 1. The van der Waals surface area contributed by atoms with Gasteiger partial charge in [0.25, 0.3) is 5.91 Å². The monoisotopic (exact) mass is 416 g/mol. The third-order valence-electron chi connectivity index (χ3n) is 5.47. The van der Waals surface area contributed by atoms with E-state index in [1.807, 2.05) is 43.3 Å². The number of nitrogens with one attached hydrogen (secondary N) is 1. The molecule has 0 saturated carbocycles. The number of ether oxygens (including phenoxy) is 2. The fourth-order valence-electron chi connectivity index (χ4n) is 3.85. The Morgan fingerprint density at radius 3 is 2.16 bits per heavy atom. The number of hydrogen-bond acceptors (Lipinski definition) is 4. The molecule has 3 aromatic rings. The first-order chi connectivity index (χ1) is 15.0. The molecule has 4 rings (SSSR count). The predicted octanol–water partition coefficient (Wildman–Crippen LogP) is 3.96. The molecule has 158 valence electrons. The molecular weight excluding hydrogens is 392 g/mol. The van der Waals surface area contributed by atoms with Crippen molar-refractivity contribution in [3.05, 3.63) is 89.5 Å². The molecule has 6 heteroatoms. The van der Waals surface area contributed by atoms with Gasteiger partial charge in [0.15, 0.2) is 0 Å². The number of hydrogen-bond donors (Lipinski definition) is 1. The Balaban J connectivity index is 1.81. The van der Waals surface area contributed by atoms with Crippen molar-refractivity contribution < 1.29 is 19.1 Å². The standard InChI is InChI=1S/C25H24N2O4/c1-16-8-12-18(13-9-16)27-23(17-10-14-19(30-2)15-11-17)24(28)26-22(25(27)29)20-6-4-5-7-21(20)31-3/h4-15,22-23H,1-3H3,(H,26,28)/t22-,23+/m0/s1. The smallest absolute Gasteiger partial charge is 0.255 e. The zero-order valence-electron chi connectivity index (χ0n) is 17.7. The maximum Gasteiger partial charge on any atom is 0.255 e. The Morgan fingerprint density at radius 2 is 1.52 bits per heavy atom. The lowest BCUT2D eigenvalue weighted by Gasteiger charge is -2.39. The summed E-state index contributed by atoms with van der Waals surface area (Å²) in [4.78, 5) is 28.7. The molecule has 0 unspecified atom stereocenters. The number of anilines is 1. The summed E-state index contributed by atoms with van der Waals surface area (Å²) in [6.07, 6.45) is 0. The highest BCUT2D eigenvalue weighted by Gasteiger charge is 2.43. The molecule has 2 amide bonds. The Hall–Kier alpha value is -3.80. The third kappa shape index (κ3) is 3.84. The van der Waals surface area contributed by atoms with Gasteiger partial charge >= 0.3 is 0 Å². The van der Waals surface area contributed by atoms with Gasteiger partial charge in [-0.3, -0.25) is 14.5 Å². The number of benzene rings is 3. The maximum atomic E-state index is 13.8. The van der Waals surface area contributed by atoms with Crippen LogP contribution in [0.5, 0.6) is 11.5 Å². The van der Waals surface area contributed by atoms with E-state index < -0.39 is 12.1 Å². The number of carbonyl (C=O) groups excluding carboxylic acids is 2. The van der Waals surface area contributed by atoms with Crippen molar-refractivity contribution in [3.63, 3.8) is 0 Å². The first-order valence-electron chi connectivity index (χ1n) is 10.0. The van der Waals surface area contributed by atoms with E-state index >= 15 is 0 Å². The number of methoxy groups -OCH3 is 2. The second-order valence-electron chi connectivity index (χ2n) is 7.40. The van der Waals surface area contributed by atoms with Crippen LogP contribution in [0, 0.1) is 6.92 Å². The summed E-state index contributed by atoms with van der Waals surface area (Å²) >= 11 is 0. The summed E-state index contributed by atoms with van der Waals surface area (Å²) in [6, 6.07) is 20.3. The van der Waals surface area contributed by atoms with E-state index in [0.717, 1.165) is 5.56 Å². The first kappa shape index (κ1) is 20.5. The molecule has 2 atom stereocenters. The first-order valence-corrected chi connectivity index (χ1v) is 10.0. The summed E-state index contributed by atoms with van der Waals surface area (Å²) in [7, 11) is 3.13. The van der Waals surface area contributed by atoms with Gasteiger partial charge < -0.3 is 14.8 Å². The molecule has 1 aliphatic rings. The number of aryl methyl sites for hydroxylation is 1. The molecule has 1 saturated heterocycles. The zero-order valence-corrected chi connectivity index (χ0v) is 17.7. The van der Waals surface area contributed by atoms with E-state index in [1.165, 1.54) is 0 Å². The van der Waals surface area contributed by atoms with Gasteiger partial charge in [0, 0.05) is 11.3 Å². The van der Waals surface area contributed by atoms with Crippen LogP contribution in [-0.4, -0.2) is 26.0 Å². The van der Waals surface area contributed by atoms with Gasteiger partial charge in [-0.15, -0.1) is 0 Å². The SMILES string of the molecule is COc1ccc([C@@H]2C(=O)N[C@@H](c3ccccc3OC)C(=O)N2c2ccc(C)cc2)cc1. The highest BCUT2D eigenvalue weighted by Crippen LogP contribution is 2.37. The second-order valence-corrected chi connectivity index (χ2v) is 7.40. The molecular formula is C25H24N2O4. The van der Waals surface area contributed by atoms with Crippen LogP contribution in [0.2, 0.25) is 0 Å². The molecule has 0 radical (unpaired) electrons. The summed E-state index contributed by atoms with van der Waals surface area (Å²) in [5.41, 5.74) is 3.05. The normalized spacial score (nSPS) is 18.5. The average molecular weight is 416 g/mol. The second kappa shape index (κ2) is 8.52. The van der Waals surface area contributed by atoms with E-state index in [9.17, 15) is 9.59 Å². The number of amides is 2. The van der Waals surface area contributed by atoms with Crippen LogP contribution < -0.4 is 19.7 Å². The lowest BCUT2D eigenvalue weighted by molar-refractivity contribution is -0.134. The van der Waals surface area contributed by atoms with Crippen molar-refractivity contribution >= 4 is 17.5 Å². The molecule has 1 N–H and O–H groups in total. The van der Waals surface area contributed by atoms with Gasteiger partial charge in [0.2, 0.25) is 5.91 Å². The molecule has 0 bridgehead atoms. The molecule has 1 heterocycles. The highest BCUT2D eigenvalue weighted by molar-refractivity contribution is 6.09. The number of nitrogens with zero attached hydrogens (tertiary/aromatic N) is 1. The zero-order chi connectivity index (χ0) is 22.0. The van der Waals surface area contributed by atoms with Gasteiger partial charge in [-0.05, 0) is 42.8 Å². The molecule has 31 heavy (non-hydrogen) atoms. The van der Waals surface area contributed by atoms with Gasteiger partial charge in [-0.1, -0.05) is 48.0 Å². The molecule has 0 aromatic heterocycles. The molecule has 1 fully saturated rings. The van der Waals surface area contributed by atoms with Crippen molar-refractivity contribution in [3.8, 4) is 11.5 Å². The Kier molecular flexibility index (Phi) is 5.62. The Morgan fingerprint density at radius 1 is 0.839 bits per heavy atom. The molecule has 0 aliphatic carbocycles. The third-order valence-corrected chi connectivity index (χ3v) is 5.47. The minimum atomic E-state index is -0.848. The van der Waals surface area contributed by atoms with Crippen molar-refractivity contribution in [2.75, 3.05) is 19.1 Å². The summed E-state index contributed by atoms with van der Waals surface area (Å²) in [5.74, 6) is 0.739. The quantitative estimate of drug-likeness (QED) is 0.684. The van der Waals surface area contributed by atoms with Crippen LogP contribution in [0.4, 0.5) is 5.69 Å². The van der Waals surface area contributed by atoms with E-state index in [2.05, 4.69) is 5.32 Å². The van der Waals surface area contributed by atoms with E-state index in [1.54, 1.807) is 55.5 Å². The highest BCUT2D eigenvalue weighted by atomic mass is 16.5. The minimum absolute atomic E-state index is 0.228. The van der Waals surface area contributed by atoms with Crippen molar-refractivity contribution in [1.82, 2.24) is 5.32 Å². The van der Waals surface area contributed by atoms with E-state index in [4.69, 9.17) is 9.47 Å². The number of rotatable bonds is 5. The van der Waals surface area contributed by atoms with Gasteiger partial charge in [-0.2, -0.15) is 0 Å². The van der Waals surface area contributed by atoms with Crippen LogP contribution in [0.3, 0.4) is 0 Å². The van der Waals surface area contributed by atoms with E-state index in [0.29, 0.717) is 28.3 Å².